The topological polar surface area (TPSA) is 73.8 Å². The zero-order chi connectivity index (χ0) is 31.3. The summed E-state index contributed by atoms with van der Waals surface area (Å²) in [5.74, 6) is 0. The summed E-state index contributed by atoms with van der Waals surface area (Å²) in [4.78, 5) is 0. The Labute approximate surface area is 251 Å². The SMILES string of the molecule is CCOC[Si]1(C(C)(C)C)O[Si](COCC)(C(C)(C)C)O[Si](COCC)(C(C)(C)C)O[Si](COCC)(C(C)(C)C)O1. The molecule has 1 rings (SSSR count). The van der Waals surface area contributed by atoms with Gasteiger partial charge in [0.25, 0.3) is 0 Å². The number of hydrogen-bond donors (Lipinski definition) is 0. The van der Waals surface area contributed by atoms with Crippen molar-refractivity contribution in [1.82, 2.24) is 0 Å². The molecule has 0 aromatic carbocycles. The Morgan fingerprint density at radius 3 is 0.600 bits per heavy atom. The molecule has 40 heavy (non-hydrogen) atoms. The zero-order valence-corrected chi connectivity index (χ0v) is 32.9. The van der Waals surface area contributed by atoms with Crippen LogP contribution in [0, 0.1) is 0 Å². The van der Waals surface area contributed by atoms with Crippen LogP contribution in [-0.2, 0) is 35.4 Å². The molecule has 0 radical (unpaired) electrons. The molecule has 0 atom stereocenters. The zero-order valence-electron chi connectivity index (χ0n) is 28.9. The Hall–Kier alpha value is 0.548. The molecule has 0 aromatic rings. The Morgan fingerprint density at radius 2 is 0.500 bits per heavy atom. The quantitative estimate of drug-likeness (QED) is 0.205. The Morgan fingerprint density at radius 1 is 0.350 bits per heavy atom. The molecule has 240 valence electrons. The number of rotatable bonds is 12. The third-order valence-electron chi connectivity index (χ3n) is 7.87. The smallest absolute Gasteiger partial charge is 0.352 e. The van der Waals surface area contributed by atoms with Crippen LogP contribution in [0.25, 0.3) is 0 Å². The van der Waals surface area contributed by atoms with Crippen molar-refractivity contribution in [3.05, 3.63) is 0 Å². The lowest BCUT2D eigenvalue weighted by Gasteiger charge is -2.62. The predicted octanol–water partition coefficient (Wildman–Crippen LogP) is 7.34. The Bertz CT molecular complexity index is 632. The van der Waals surface area contributed by atoms with E-state index in [0.717, 1.165) is 0 Å². The van der Waals surface area contributed by atoms with Crippen molar-refractivity contribution in [2.24, 2.45) is 0 Å². The molecule has 0 bridgehead atoms. The van der Waals surface area contributed by atoms with Crippen LogP contribution in [0.1, 0.15) is 111 Å². The van der Waals surface area contributed by atoms with Gasteiger partial charge in [-0.2, -0.15) is 0 Å². The summed E-state index contributed by atoms with van der Waals surface area (Å²) >= 11 is 0. The first-order chi connectivity index (χ1) is 18.1. The van der Waals surface area contributed by atoms with Crippen LogP contribution in [0.2, 0.25) is 20.2 Å². The van der Waals surface area contributed by atoms with Gasteiger partial charge in [-0.25, -0.2) is 0 Å². The van der Waals surface area contributed by atoms with E-state index in [0.29, 0.717) is 51.3 Å². The summed E-state index contributed by atoms with van der Waals surface area (Å²) in [5.41, 5.74) is 0. The molecular formula is C28H64O8Si4. The van der Waals surface area contributed by atoms with Crippen LogP contribution >= 0.6 is 0 Å². The van der Waals surface area contributed by atoms with Gasteiger partial charge >= 0.3 is 34.2 Å². The highest BCUT2D eigenvalue weighted by Gasteiger charge is 2.72. The van der Waals surface area contributed by atoms with Crippen LogP contribution < -0.4 is 0 Å². The van der Waals surface area contributed by atoms with E-state index in [2.05, 4.69) is 83.1 Å². The minimum Gasteiger partial charge on any atom is -0.412 e. The summed E-state index contributed by atoms with van der Waals surface area (Å²) in [6.45, 7) is 36.8. The van der Waals surface area contributed by atoms with E-state index in [1.807, 2.05) is 27.7 Å². The van der Waals surface area contributed by atoms with Crippen molar-refractivity contribution in [3.63, 3.8) is 0 Å². The minimum absolute atomic E-state index is 0.358. The highest BCUT2D eigenvalue weighted by atomic mass is 28.5. The molecular weight excluding hydrogens is 577 g/mol. The molecule has 1 saturated heterocycles. The lowest BCUT2D eigenvalue weighted by Crippen LogP contribution is -2.80. The molecule has 0 aromatic heterocycles. The number of hydrogen-bond acceptors (Lipinski definition) is 8. The molecule has 1 fully saturated rings. The van der Waals surface area contributed by atoms with E-state index in [4.69, 9.17) is 35.4 Å². The van der Waals surface area contributed by atoms with Crippen molar-refractivity contribution < 1.29 is 35.4 Å². The van der Waals surface area contributed by atoms with Crippen LogP contribution in [-0.4, -0.2) is 85.6 Å². The second-order valence-corrected chi connectivity index (χ2v) is 31.4. The third-order valence-corrected chi connectivity index (χ3v) is 29.9. The molecule has 0 unspecified atom stereocenters. The second kappa shape index (κ2) is 14.1. The third kappa shape index (κ3) is 8.38. The van der Waals surface area contributed by atoms with E-state index in [1.54, 1.807) is 0 Å². The van der Waals surface area contributed by atoms with E-state index in [9.17, 15) is 0 Å². The standard InChI is InChI=1S/C28H64O8Si4/c1-17-29-21-37(25(5,6)7)33-38(22-30-18-2,26(8,9)10)35-40(24-32-20-4,28(14,15)16)36-39(34-37,23-31-19-3)27(11,12)13/h17-24H2,1-16H3. The van der Waals surface area contributed by atoms with Crippen molar-refractivity contribution in [3.8, 4) is 0 Å². The van der Waals surface area contributed by atoms with Crippen molar-refractivity contribution >= 4 is 34.2 Å². The van der Waals surface area contributed by atoms with Gasteiger partial charge < -0.3 is 35.4 Å². The summed E-state index contributed by atoms with van der Waals surface area (Å²) in [6.07, 6.45) is 1.51. The second-order valence-electron chi connectivity index (χ2n) is 15.0. The number of ether oxygens (including phenoxy) is 4. The maximum Gasteiger partial charge on any atom is 0.352 e. The fraction of sp³-hybridized carbons (Fsp3) is 1.00. The summed E-state index contributed by atoms with van der Waals surface area (Å²) < 4.78 is 55.9. The van der Waals surface area contributed by atoms with Crippen molar-refractivity contribution in [1.29, 1.82) is 0 Å². The average Bonchev–Trinajstić information content (AvgIpc) is 2.78. The average molecular weight is 641 g/mol. The normalized spacial score (nSPS) is 31.2. The van der Waals surface area contributed by atoms with E-state index in [1.165, 1.54) is 0 Å². The van der Waals surface area contributed by atoms with Crippen LogP contribution in [0.4, 0.5) is 0 Å². The fourth-order valence-electron chi connectivity index (χ4n) is 4.42. The lowest BCUT2D eigenvalue weighted by atomic mass is 10.2. The first-order valence-electron chi connectivity index (χ1n) is 15.2. The minimum atomic E-state index is -3.26. The van der Waals surface area contributed by atoms with Gasteiger partial charge in [0.1, 0.15) is 0 Å². The van der Waals surface area contributed by atoms with Gasteiger partial charge in [0.15, 0.2) is 0 Å². The van der Waals surface area contributed by atoms with Crippen LogP contribution in [0.3, 0.4) is 0 Å². The monoisotopic (exact) mass is 640 g/mol. The molecule has 1 aliphatic heterocycles. The summed E-state index contributed by atoms with van der Waals surface area (Å²) in [7, 11) is -13.0. The first kappa shape index (κ1) is 38.6. The van der Waals surface area contributed by atoms with Gasteiger partial charge in [0, 0.05) is 46.6 Å². The van der Waals surface area contributed by atoms with Crippen molar-refractivity contribution in [2.75, 3.05) is 51.3 Å². The fourth-order valence-corrected chi connectivity index (χ4v) is 30.4. The van der Waals surface area contributed by atoms with E-state index >= 15 is 0 Å². The highest BCUT2D eigenvalue weighted by molar-refractivity contribution is 6.97. The summed E-state index contributed by atoms with van der Waals surface area (Å²) in [5, 5.41) is -1.43. The van der Waals surface area contributed by atoms with Gasteiger partial charge in [-0.15, -0.1) is 0 Å². The molecule has 0 aliphatic carbocycles. The van der Waals surface area contributed by atoms with E-state index < -0.39 is 34.2 Å². The lowest BCUT2D eigenvalue weighted by molar-refractivity contribution is 0.0676. The Balaban J connectivity index is 4.32. The van der Waals surface area contributed by atoms with Gasteiger partial charge in [-0.05, 0) is 27.7 Å². The van der Waals surface area contributed by atoms with Crippen molar-refractivity contribution in [2.45, 2.75) is 131 Å². The van der Waals surface area contributed by atoms with Gasteiger partial charge in [0.2, 0.25) is 0 Å². The molecule has 0 amide bonds. The predicted molar refractivity (Wildman–Crippen MR) is 172 cm³/mol. The molecule has 8 nitrogen and oxygen atoms in total. The van der Waals surface area contributed by atoms with Crippen LogP contribution in [0.5, 0.6) is 0 Å². The van der Waals surface area contributed by atoms with Crippen LogP contribution in [0.15, 0.2) is 0 Å². The largest absolute Gasteiger partial charge is 0.412 e. The van der Waals surface area contributed by atoms with Gasteiger partial charge in [-0.3, -0.25) is 0 Å². The highest BCUT2D eigenvalue weighted by Crippen LogP contribution is 2.56. The first-order valence-corrected chi connectivity index (χ1v) is 23.3. The van der Waals surface area contributed by atoms with Gasteiger partial charge in [-0.1, -0.05) is 83.1 Å². The summed E-state index contributed by atoms with van der Waals surface area (Å²) in [6, 6.07) is 0. The maximum atomic E-state index is 7.72. The molecule has 0 spiro atoms. The maximum absolute atomic E-state index is 7.72. The van der Waals surface area contributed by atoms with E-state index in [-0.39, 0.29) is 20.2 Å². The molecule has 1 aliphatic rings. The molecule has 1 heterocycles. The molecule has 12 heteroatoms. The van der Waals surface area contributed by atoms with Gasteiger partial charge in [0.05, 0.1) is 24.9 Å². The Kier molecular flexibility index (Phi) is 13.6. The molecule has 0 N–H and O–H groups in total. The molecule has 0 saturated carbocycles.